The number of nitrogens with zero attached hydrogens (tertiary/aromatic N) is 1. The lowest BCUT2D eigenvalue weighted by molar-refractivity contribution is -0.138. The third kappa shape index (κ3) is 5.49. The average molecular weight is 457 g/mol. The third-order valence-corrected chi connectivity index (χ3v) is 5.82. The van der Waals surface area contributed by atoms with Gasteiger partial charge in [-0.1, -0.05) is 54.6 Å². The molecule has 0 bridgehead atoms. The summed E-state index contributed by atoms with van der Waals surface area (Å²) in [4.78, 5) is 2.08. The molecule has 33 heavy (non-hydrogen) atoms. The lowest BCUT2D eigenvalue weighted by Gasteiger charge is -2.36. The number of ether oxygens (including phenoxy) is 2. The summed E-state index contributed by atoms with van der Waals surface area (Å²) < 4.78 is 53.2. The van der Waals surface area contributed by atoms with Crippen LogP contribution in [0.4, 0.5) is 13.2 Å². The fraction of sp³-hybridized carbons (Fsp3) is 0.308. The van der Waals surface area contributed by atoms with Gasteiger partial charge in [0.25, 0.3) is 0 Å². The Morgan fingerprint density at radius 1 is 0.909 bits per heavy atom. The zero-order chi connectivity index (χ0) is 23.3. The zero-order valence-electron chi connectivity index (χ0n) is 18.4. The molecule has 4 rings (SSSR count). The Morgan fingerprint density at radius 3 is 2.30 bits per heavy atom. The Bertz CT molecular complexity index is 1050. The number of halogens is 3. The second kappa shape index (κ2) is 10.3. The van der Waals surface area contributed by atoms with Crippen molar-refractivity contribution in [3.05, 3.63) is 95.1 Å². The summed E-state index contributed by atoms with van der Waals surface area (Å²) in [6.07, 6.45) is -4.44. The van der Waals surface area contributed by atoms with Gasteiger partial charge in [-0.3, -0.25) is 4.90 Å². The van der Waals surface area contributed by atoms with E-state index in [1.54, 1.807) is 24.3 Å². The Labute approximate surface area is 191 Å². The van der Waals surface area contributed by atoms with Gasteiger partial charge in [0.1, 0.15) is 6.61 Å². The predicted molar refractivity (Wildman–Crippen MR) is 121 cm³/mol. The van der Waals surface area contributed by atoms with E-state index in [0.717, 1.165) is 30.3 Å². The minimum Gasteiger partial charge on any atom is -0.493 e. The molecule has 3 aromatic rings. The van der Waals surface area contributed by atoms with Crippen molar-refractivity contribution in [2.75, 3.05) is 33.3 Å². The normalized spacial score (nSPS) is 15.8. The molecule has 0 saturated carbocycles. The lowest BCUT2D eigenvalue weighted by atomic mass is 9.92. The first-order valence-electron chi connectivity index (χ1n) is 10.9. The lowest BCUT2D eigenvalue weighted by Crippen LogP contribution is -2.45. The molecule has 1 saturated heterocycles. The molecule has 0 aromatic heterocycles. The topological polar surface area (TPSA) is 33.7 Å². The molecule has 1 fully saturated rings. The molecule has 1 unspecified atom stereocenters. The minimum atomic E-state index is -4.44. The van der Waals surface area contributed by atoms with Gasteiger partial charge in [0.05, 0.1) is 18.7 Å². The van der Waals surface area contributed by atoms with Crippen molar-refractivity contribution in [2.45, 2.75) is 18.8 Å². The van der Waals surface area contributed by atoms with E-state index in [-0.39, 0.29) is 5.56 Å². The number of rotatable bonds is 7. The van der Waals surface area contributed by atoms with E-state index >= 15 is 0 Å². The Hall–Kier alpha value is -3.03. The van der Waals surface area contributed by atoms with E-state index in [1.165, 1.54) is 13.2 Å². The molecule has 0 aliphatic carbocycles. The highest BCUT2D eigenvalue weighted by Crippen LogP contribution is 2.41. The highest BCUT2D eigenvalue weighted by atomic mass is 19.4. The Balaban J connectivity index is 1.70. The number of methoxy groups -OCH3 is 1. The molecular weight excluding hydrogens is 429 g/mol. The molecule has 1 aliphatic heterocycles. The van der Waals surface area contributed by atoms with Crippen LogP contribution in [0.1, 0.15) is 28.3 Å². The number of hydrogen-bond acceptors (Lipinski definition) is 4. The number of hydrogen-bond donors (Lipinski definition) is 1. The van der Waals surface area contributed by atoms with Gasteiger partial charge in [-0.25, -0.2) is 0 Å². The quantitative estimate of drug-likeness (QED) is 0.524. The van der Waals surface area contributed by atoms with E-state index in [9.17, 15) is 13.2 Å². The second-order valence-corrected chi connectivity index (χ2v) is 7.96. The van der Waals surface area contributed by atoms with Gasteiger partial charge >= 0.3 is 6.18 Å². The van der Waals surface area contributed by atoms with Crippen molar-refractivity contribution >= 4 is 0 Å². The van der Waals surface area contributed by atoms with Crippen LogP contribution in [0.2, 0.25) is 0 Å². The average Bonchev–Trinajstić information content (AvgIpc) is 2.84. The summed E-state index contributed by atoms with van der Waals surface area (Å²) in [6, 6.07) is 20.4. The first-order chi connectivity index (χ1) is 16.0. The molecule has 1 atom stereocenters. The van der Waals surface area contributed by atoms with Crippen molar-refractivity contribution in [3.8, 4) is 11.5 Å². The van der Waals surface area contributed by atoms with Crippen LogP contribution in [0.5, 0.6) is 11.5 Å². The fourth-order valence-electron chi connectivity index (χ4n) is 4.23. The summed E-state index contributed by atoms with van der Waals surface area (Å²) in [6.45, 7) is 3.10. The standard InChI is InChI=1S/C26H27F3N2O2/c1-32-24-17-20(11-12-23(24)33-18-19-7-3-2-4-8-19)25(31-15-13-30-14-16-31)21-9-5-6-10-22(21)26(27,28)29/h2-12,17,25,30H,13-16,18H2,1H3. The molecule has 1 aliphatic rings. The molecule has 0 amide bonds. The molecule has 1 heterocycles. The number of nitrogens with one attached hydrogen (secondary N) is 1. The molecule has 4 nitrogen and oxygen atoms in total. The zero-order valence-corrected chi connectivity index (χ0v) is 18.4. The van der Waals surface area contributed by atoms with E-state index in [2.05, 4.69) is 10.2 Å². The van der Waals surface area contributed by atoms with Crippen molar-refractivity contribution < 1.29 is 22.6 Å². The van der Waals surface area contributed by atoms with Crippen LogP contribution in [0.25, 0.3) is 0 Å². The Kier molecular flexibility index (Phi) is 7.20. The number of piperazine rings is 1. The van der Waals surface area contributed by atoms with E-state index in [0.29, 0.717) is 31.2 Å². The summed E-state index contributed by atoms with van der Waals surface area (Å²) >= 11 is 0. The molecule has 1 N–H and O–H groups in total. The smallest absolute Gasteiger partial charge is 0.416 e. The van der Waals surface area contributed by atoms with E-state index in [1.807, 2.05) is 36.4 Å². The first kappa shape index (κ1) is 23.1. The van der Waals surface area contributed by atoms with Gasteiger partial charge in [0.15, 0.2) is 11.5 Å². The fourth-order valence-corrected chi connectivity index (χ4v) is 4.23. The number of benzene rings is 3. The maximum Gasteiger partial charge on any atom is 0.416 e. The Morgan fingerprint density at radius 2 is 1.61 bits per heavy atom. The van der Waals surface area contributed by atoms with Crippen LogP contribution in [-0.4, -0.2) is 38.2 Å². The van der Waals surface area contributed by atoms with Gasteiger partial charge in [-0.15, -0.1) is 0 Å². The summed E-state index contributed by atoms with van der Waals surface area (Å²) in [5, 5.41) is 3.27. The predicted octanol–water partition coefficient (Wildman–Crippen LogP) is 5.29. The van der Waals surface area contributed by atoms with E-state index in [4.69, 9.17) is 9.47 Å². The van der Waals surface area contributed by atoms with Gasteiger partial charge in [0, 0.05) is 26.2 Å². The van der Waals surface area contributed by atoms with Crippen molar-refractivity contribution in [1.82, 2.24) is 10.2 Å². The molecule has 0 spiro atoms. The van der Waals surface area contributed by atoms with Crippen molar-refractivity contribution in [1.29, 1.82) is 0 Å². The monoisotopic (exact) mass is 456 g/mol. The van der Waals surface area contributed by atoms with Crippen LogP contribution in [0.3, 0.4) is 0 Å². The SMILES string of the molecule is COc1cc(C(c2ccccc2C(F)(F)F)N2CCNCC2)ccc1OCc1ccccc1. The van der Waals surface area contributed by atoms with Crippen molar-refractivity contribution in [3.63, 3.8) is 0 Å². The minimum absolute atomic E-state index is 0.243. The largest absolute Gasteiger partial charge is 0.493 e. The summed E-state index contributed by atoms with van der Waals surface area (Å²) in [5.41, 5.74) is 1.38. The number of alkyl halides is 3. The van der Waals surface area contributed by atoms with Gasteiger partial charge in [-0.05, 0) is 34.9 Å². The molecule has 7 heteroatoms. The first-order valence-corrected chi connectivity index (χ1v) is 10.9. The van der Waals surface area contributed by atoms with Gasteiger partial charge in [0.2, 0.25) is 0 Å². The van der Waals surface area contributed by atoms with Crippen LogP contribution in [0.15, 0.2) is 72.8 Å². The maximum absolute atomic E-state index is 13.9. The van der Waals surface area contributed by atoms with Crippen molar-refractivity contribution in [2.24, 2.45) is 0 Å². The van der Waals surface area contributed by atoms with Crippen LogP contribution in [0, 0.1) is 0 Å². The van der Waals surface area contributed by atoms with E-state index < -0.39 is 17.8 Å². The summed E-state index contributed by atoms with van der Waals surface area (Å²) in [7, 11) is 1.54. The highest BCUT2D eigenvalue weighted by molar-refractivity contribution is 5.47. The molecule has 3 aromatic carbocycles. The van der Waals surface area contributed by atoms with Crippen LogP contribution < -0.4 is 14.8 Å². The summed E-state index contributed by atoms with van der Waals surface area (Å²) in [5.74, 6) is 1.04. The highest BCUT2D eigenvalue weighted by Gasteiger charge is 2.37. The second-order valence-electron chi connectivity index (χ2n) is 7.96. The molecule has 0 radical (unpaired) electrons. The molecule has 174 valence electrons. The molecular formula is C26H27F3N2O2. The van der Waals surface area contributed by atoms with Gasteiger partial charge in [-0.2, -0.15) is 13.2 Å². The van der Waals surface area contributed by atoms with Crippen LogP contribution >= 0.6 is 0 Å². The van der Waals surface area contributed by atoms with Crippen LogP contribution in [-0.2, 0) is 12.8 Å². The third-order valence-electron chi connectivity index (χ3n) is 5.82. The maximum atomic E-state index is 13.9. The van der Waals surface area contributed by atoms with Gasteiger partial charge < -0.3 is 14.8 Å².